The lowest BCUT2D eigenvalue weighted by atomic mass is 10.0. The van der Waals surface area contributed by atoms with E-state index >= 15 is 0 Å². The van der Waals surface area contributed by atoms with Gasteiger partial charge in [-0.15, -0.1) is 0 Å². The van der Waals surface area contributed by atoms with Crippen molar-refractivity contribution in [3.63, 3.8) is 0 Å². The van der Waals surface area contributed by atoms with Crippen molar-refractivity contribution in [2.45, 2.75) is 61.4 Å². The van der Waals surface area contributed by atoms with Gasteiger partial charge < -0.3 is 15.2 Å². The number of sulfonamides is 1. The van der Waals surface area contributed by atoms with E-state index in [-0.39, 0.29) is 41.8 Å². The quantitative estimate of drug-likeness (QED) is 0.619. The molecule has 4 atom stereocenters. The summed E-state index contributed by atoms with van der Waals surface area (Å²) < 4.78 is 48.7. The van der Waals surface area contributed by atoms with Gasteiger partial charge in [0.05, 0.1) is 24.0 Å². The second-order valence-corrected chi connectivity index (χ2v) is 10.6. The number of nitrogens with one attached hydrogen (secondary N) is 1. The van der Waals surface area contributed by atoms with E-state index in [9.17, 15) is 23.2 Å². The van der Waals surface area contributed by atoms with Crippen LogP contribution in [0.15, 0.2) is 23.5 Å². The fourth-order valence-electron chi connectivity index (χ4n) is 4.14. The lowest BCUT2D eigenvalue weighted by molar-refractivity contribution is -0.0271. The van der Waals surface area contributed by atoms with Gasteiger partial charge in [-0.1, -0.05) is 0 Å². The molecule has 1 unspecified atom stereocenters. The van der Waals surface area contributed by atoms with E-state index in [0.717, 1.165) is 10.7 Å². The van der Waals surface area contributed by atoms with Crippen molar-refractivity contribution in [3.05, 3.63) is 24.2 Å². The standard InChI is InChI=1S/C20H26FN7O4S/c1-20(29)6-3-4-17(20)32-18-13(8-22)9-23-19(26-18)25-16-5-7-28(12-15(16)21)33(30,31)14-10-24-27(2)11-14/h9-11,15-17,29H,3-7,12H2,1-2H3,(H,23,25,26)/t15-,16+,17-,20?/m1/s1. The molecule has 11 nitrogen and oxygen atoms in total. The monoisotopic (exact) mass is 479 g/mol. The molecule has 13 heteroatoms. The molecule has 0 spiro atoms. The van der Waals surface area contributed by atoms with Gasteiger partial charge in [-0.3, -0.25) is 4.68 Å². The van der Waals surface area contributed by atoms with E-state index in [1.807, 2.05) is 6.07 Å². The Labute approximate surface area is 191 Å². The molecule has 3 heterocycles. The number of anilines is 1. The molecule has 1 saturated carbocycles. The molecule has 2 N–H and O–H groups in total. The van der Waals surface area contributed by atoms with E-state index in [0.29, 0.717) is 12.8 Å². The summed E-state index contributed by atoms with van der Waals surface area (Å²) in [5.74, 6) is 0.0898. The number of alkyl halides is 1. The predicted molar refractivity (Wildman–Crippen MR) is 115 cm³/mol. The second kappa shape index (κ2) is 8.85. The van der Waals surface area contributed by atoms with Crippen LogP contribution in [-0.2, 0) is 17.1 Å². The molecule has 1 aliphatic carbocycles. The number of hydrogen-bond acceptors (Lipinski definition) is 9. The first-order valence-electron chi connectivity index (χ1n) is 10.7. The minimum absolute atomic E-state index is 0.0172. The van der Waals surface area contributed by atoms with E-state index in [1.54, 1.807) is 14.0 Å². The zero-order valence-electron chi connectivity index (χ0n) is 18.3. The first-order valence-corrected chi connectivity index (χ1v) is 12.1. The Kier molecular flexibility index (Phi) is 6.26. The highest BCUT2D eigenvalue weighted by Gasteiger charge is 2.40. The number of hydrogen-bond donors (Lipinski definition) is 2. The summed E-state index contributed by atoms with van der Waals surface area (Å²) in [7, 11) is -2.23. The number of nitriles is 1. The van der Waals surface area contributed by atoms with Crippen molar-refractivity contribution in [2.24, 2.45) is 7.05 Å². The van der Waals surface area contributed by atoms with Crippen LogP contribution in [0.2, 0.25) is 0 Å². The van der Waals surface area contributed by atoms with E-state index in [1.165, 1.54) is 23.3 Å². The average Bonchev–Trinajstić information content (AvgIpc) is 3.35. The Bertz CT molecular complexity index is 1160. The van der Waals surface area contributed by atoms with E-state index in [4.69, 9.17) is 4.74 Å². The van der Waals surface area contributed by atoms with Crippen LogP contribution in [0.1, 0.15) is 38.2 Å². The Morgan fingerprint density at radius 2 is 2.18 bits per heavy atom. The Morgan fingerprint density at radius 3 is 2.79 bits per heavy atom. The molecule has 33 heavy (non-hydrogen) atoms. The fourth-order valence-corrected chi connectivity index (χ4v) is 5.59. The van der Waals surface area contributed by atoms with Crippen LogP contribution in [0.4, 0.5) is 10.3 Å². The van der Waals surface area contributed by atoms with Crippen molar-refractivity contribution in [1.29, 1.82) is 5.26 Å². The van der Waals surface area contributed by atoms with Crippen molar-refractivity contribution >= 4 is 16.0 Å². The summed E-state index contributed by atoms with van der Waals surface area (Å²) in [6.45, 7) is 1.47. The normalized spacial score (nSPS) is 28.4. The number of ether oxygens (including phenoxy) is 1. The molecule has 1 saturated heterocycles. The van der Waals surface area contributed by atoms with Crippen LogP contribution in [0.5, 0.6) is 5.88 Å². The molecular formula is C20H26FN7O4S. The number of aliphatic hydroxyl groups is 1. The van der Waals surface area contributed by atoms with Gasteiger partial charge in [0.1, 0.15) is 28.8 Å². The summed E-state index contributed by atoms with van der Waals surface area (Å²) in [5.41, 5.74) is -0.917. The number of aryl methyl sites for hydroxylation is 1. The zero-order valence-corrected chi connectivity index (χ0v) is 19.2. The molecule has 0 radical (unpaired) electrons. The minimum Gasteiger partial charge on any atom is -0.470 e. The van der Waals surface area contributed by atoms with Crippen LogP contribution in [0.3, 0.4) is 0 Å². The lowest BCUT2D eigenvalue weighted by Crippen LogP contribution is -2.50. The maximum Gasteiger partial charge on any atom is 0.246 e. The molecule has 2 fully saturated rings. The van der Waals surface area contributed by atoms with Gasteiger partial charge in [0.25, 0.3) is 0 Å². The van der Waals surface area contributed by atoms with Gasteiger partial charge in [0.15, 0.2) is 0 Å². The highest BCUT2D eigenvalue weighted by Crippen LogP contribution is 2.33. The summed E-state index contributed by atoms with van der Waals surface area (Å²) in [5, 5.41) is 26.6. The molecule has 178 valence electrons. The molecule has 0 amide bonds. The van der Waals surface area contributed by atoms with Crippen molar-refractivity contribution < 1.29 is 22.7 Å². The highest BCUT2D eigenvalue weighted by atomic mass is 32.2. The van der Waals surface area contributed by atoms with Crippen LogP contribution in [0, 0.1) is 11.3 Å². The van der Waals surface area contributed by atoms with Crippen molar-refractivity contribution in [1.82, 2.24) is 24.1 Å². The molecular weight excluding hydrogens is 453 g/mol. The van der Waals surface area contributed by atoms with Crippen LogP contribution in [-0.4, -0.2) is 74.6 Å². The van der Waals surface area contributed by atoms with Gasteiger partial charge in [0.2, 0.25) is 21.9 Å². The summed E-state index contributed by atoms with van der Waals surface area (Å²) >= 11 is 0. The summed E-state index contributed by atoms with van der Waals surface area (Å²) in [6.07, 6.45) is 4.06. The average molecular weight is 480 g/mol. The Hall–Kier alpha value is -2.82. The van der Waals surface area contributed by atoms with Crippen molar-refractivity contribution in [3.8, 4) is 11.9 Å². The van der Waals surface area contributed by atoms with Crippen LogP contribution < -0.4 is 10.1 Å². The lowest BCUT2D eigenvalue weighted by Gasteiger charge is -2.34. The van der Waals surface area contributed by atoms with Gasteiger partial charge in [-0.25, -0.2) is 17.8 Å². The molecule has 2 aromatic rings. The Balaban J connectivity index is 1.45. The highest BCUT2D eigenvalue weighted by molar-refractivity contribution is 7.89. The third-order valence-corrected chi connectivity index (χ3v) is 7.93. The number of nitrogens with zero attached hydrogens (tertiary/aromatic N) is 6. The van der Waals surface area contributed by atoms with Gasteiger partial charge >= 0.3 is 0 Å². The summed E-state index contributed by atoms with van der Waals surface area (Å²) in [4.78, 5) is 8.32. The van der Waals surface area contributed by atoms with E-state index in [2.05, 4.69) is 20.4 Å². The molecule has 0 bridgehead atoms. The zero-order chi connectivity index (χ0) is 23.8. The van der Waals surface area contributed by atoms with Crippen molar-refractivity contribution in [2.75, 3.05) is 18.4 Å². The smallest absolute Gasteiger partial charge is 0.246 e. The number of halogens is 1. The molecule has 2 aromatic heterocycles. The predicted octanol–water partition coefficient (Wildman–Crippen LogP) is 0.977. The topological polar surface area (TPSA) is 146 Å². The number of aromatic nitrogens is 4. The van der Waals surface area contributed by atoms with Gasteiger partial charge in [-0.2, -0.15) is 19.6 Å². The Morgan fingerprint density at radius 1 is 1.39 bits per heavy atom. The third-order valence-electron chi connectivity index (χ3n) is 6.11. The summed E-state index contributed by atoms with van der Waals surface area (Å²) in [6, 6.07) is 1.24. The van der Waals surface area contributed by atoms with Gasteiger partial charge in [-0.05, 0) is 32.6 Å². The SMILES string of the molecule is Cn1cc(S(=O)(=O)N2CC[C@H](Nc3ncc(C#N)c(O[C@@H]4CCCC4(C)O)n3)[C@H](F)C2)cn1. The first-order chi connectivity index (χ1) is 15.6. The number of piperidine rings is 1. The molecule has 2 aliphatic rings. The van der Waals surface area contributed by atoms with E-state index < -0.39 is 33.9 Å². The molecule has 0 aromatic carbocycles. The second-order valence-electron chi connectivity index (χ2n) is 8.65. The minimum atomic E-state index is -3.84. The molecule has 1 aliphatic heterocycles. The van der Waals surface area contributed by atoms with Gasteiger partial charge in [0, 0.05) is 26.3 Å². The maximum atomic E-state index is 14.9. The largest absolute Gasteiger partial charge is 0.470 e. The maximum absolute atomic E-state index is 14.9. The fraction of sp³-hybridized carbons (Fsp3) is 0.600. The first kappa shape index (κ1) is 23.3. The third kappa shape index (κ3) is 4.78. The van der Waals surface area contributed by atoms with Crippen LogP contribution >= 0.6 is 0 Å². The molecule has 4 rings (SSSR count). The number of rotatable bonds is 6. The van der Waals surface area contributed by atoms with Crippen LogP contribution in [0.25, 0.3) is 0 Å².